The van der Waals surface area contributed by atoms with E-state index in [0.717, 1.165) is 33.3 Å². The summed E-state index contributed by atoms with van der Waals surface area (Å²) in [4.78, 5) is 4.37. The fourth-order valence-electron chi connectivity index (χ4n) is 2.70. The summed E-state index contributed by atoms with van der Waals surface area (Å²) in [5.41, 5.74) is 10.4. The number of nitrogens with two attached hydrogens (primary N) is 1. The molecule has 1 atom stereocenters. The van der Waals surface area contributed by atoms with Gasteiger partial charge in [-0.15, -0.1) is 0 Å². The fraction of sp³-hybridized carbons (Fsp3) is 0.0625. The summed E-state index contributed by atoms with van der Waals surface area (Å²) in [5, 5.41) is 1.06. The predicted octanol–water partition coefficient (Wildman–Crippen LogP) is 3.25. The van der Waals surface area contributed by atoms with Crippen molar-refractivity contribution in [3.05, 3.63) is 60.3 Å². The molecule has 92 valence electrons. The Balaban J connectivity index is 2.12. The van der Waals surface area contributed by atoms with Crippen molar-refractivity contribution in [1.82, 2.24) is 4.98 Å². The summed E-state index contributed by atoms with van der Waals surface area (Å²) < 4.78 is 5.82. The monoisotopic (exact) mass is 248 g/mol. The number of benzene rings is 2. The van der Waals surface area contributed by atoms with Gasteiger partial charge in [0, 0.05) is 22.7 Å². The van der Waals surface area contributed by atoms with Crippen LogP contribution in [0.25, 0.3) is 22.0 Å². The van der Waals surface area contributed by atoms with Gasteiger partial charge in [-0.05, 0) is 23.8 Å². The molecule has 0 amide bonds. The second kappa shape index (κ2) is 3.80. The zero-order valence-corrected chi connectivity index (χ0v) is 10.2. The van der Waals surface area contributed by atoms with Crippen LogP contribution in [-0.4, -0.2) is 4.98 Å². The molecule has 1 aliphatic rings. The normalized spacial score (nSPS) is 16.6. The smallest absolute Gasteiger partial charge is 0.175 e. The third-order valence-corrected chi connectivity index (χ3v) is 3.54. The molecule has 19 heavy (non-hydrogen) atoms. The molecule has 0 fully saturated rings. The van der Waals surface area contributed by atoms with Crippen LogP contribution in [0.3, 0.4) is 0 Å². The fourth-order valence-corrected chi connectivity index (χ4v) is 2.70. The van der Waals surface area contributed by atoms with E-state index in [9.17, 15) is 0 Å². The highest BCUT2D eigenvalue weighted by atomic mass is 16.5. The maximum Gasteiger partial charge on any atom is 0.175 e. The maximum absolute atomic E-state index is 6.18. The molecule has 0 radical (unpaired) electrons. The van der Waals surface area contributed by atoms with Crippen LogP contribution in [0, 0.1) is 0 Å². The molecular formula is C16H12N2O. The Morgan fingerprint density at radius 2 is 1.84 bits per heavy atom. The highest BCUT2D eigenvalue weighted by Gasteiger charge is 2.24. The molecule has 0 bridgehead atoms. The van der Waals surface area contributed by atoms with Crippen LogP contribution in [-0.2, 0) is 0 Å². The van der Waals surface area contributed by atoms with Crippen LogP contribution in [0.1, 0.15) is 11.8 Å². The van der Waals surface area contributed by atoms with Gasteiger partial charge in [-0.25, -0.2) is 0 Å². The molecule has 1 aromatic heterocycles. The Morgan fingerprint density at radius 3 is 2.79 bits per heavy atom. The van der Waals surface area contributed by atoms with Gasteiger partial charge in [0.2, 0.25) is 0 Å². The lowest BCUT2D eigenvalue weighted by molar-refractivity contribution is 0.212. The lowest BCUT2D eigenvalue weighted by atomic mass is 9.92. The number of rotatable bonds is 0. The van der Waals surface area contributed by atoms with Crippen molar-refractivity contribution in [3.8, 4) is 16.9 Å². The van der Waals surface area contributed by atoms with E-state index in [-0.39, 0.29) is 0 Å². The summed E-state index contributed by atoms with van der Waals surface area (Å²) in [6.45, 7) is 0. The first-order chi connectivity index (χ1) is 9.34. The molecule has 0 saturated carbocycles. The number of aromatic nitrogens is 1. The van der Waals surface area contributed by atoms with E-state index in [1.807, 2.05) is 36.4 Å². The number of ether oxygens (including phenoxy) is 1. The number of nitrogens with zero attached hydrogens (tertiary/aromatic N) is 1. The SMILES string of the molecule is NC1Oc2ccccc2-c2ccc3ncccc3c21. The topological polar surface area (TPSA) is 48.1 Å². The van der Waals surface area contributed by atoms with Gasteiger partial charge in [-0.1, -0.05) is 30.3 Å². The van der Waals surface area contributed by atoms with Gasteiger partial charge in [0.25, 0.3) is 0 Å². The number of hydrogen-bond donors (Lipinski definition) is 1. The first kappa shape index (κ1) is 10.5. The van der Waals surface area contributed by atoms with E-state index in [2.05, 4.69) is 17.1 Å². The van der Waals surface area contributed by atoms with Gasteiger partial charge in [0.05, 0.1) is 5.52 Å². The molecular weight excluding hydrogens is 236 g/mol. The third-order valence-electron chi connectivity index (χ3n) is 3.54. The van der Waals surface area contributed by atoms with Crippen molar-refractivity contribution < 1.29 is 4.74 Å². The summed E-state index contributed by atoms with van der Waals surface area (Å²) >= 11 is 0. The Morgan fingerprint density at radius 1 is 0.947 bits per heavy atom. The van der Waals surface area contributed by atoms with Gasteiger partial charge in [0.15, 0.2) is 6.23 Å². The predicted molar refractivity (Wildman–Crippen MR) is 74.7 cm³/mol. The van der Waals surface area contributed by atoms with E-state index in [0.29, 0.717) is 0 Å². The standard InChI is InChI=1S/C16H12N2O/c17-16-15-11(10-4-1-2-6-14(10)19-16)7-8-13-12(15)5-3-9-18-13/h1-9,16H,17H2. The highest BCUT2D eigenvalue weighted by molar-refractivity contribution is 5.91. The largest absolute Gasteiger partial charge is 0.471 e. The van der Waals surface area contributed by atoms with Crippen LogP contribution >= 0.6 is 0 Å². The second-order valence-electron chi connectivity index (χ2n) is 4.63. The van der Waals surface area contributed by atoms with Gasteiger partial charge in [-0.3, -0.25) is 10.7 Å². The van der Waals surface area contributed by atoms with Crippen molar-refractivity contribution in [2.24, 2.45) is 5.73 Å². The molecule has 3 nitrogen and oxygen atoms in total. The highest BCUT2D eigenvalue weighted by Crippen LogP contribution is 2.42. The number of hydrogen-bond acceptors (Lipinski definition) is 3. The first-order valence-electron chi connectivity index (χ1n) is 6.24. The molecule has 2 N–H and O–H groups in total. The molecule has 0 spiro atoms. The van der Waals surface area contributed by atoms with Crippen LogP contribution in [0.2, 0.25) is 0 Å². The van der Waals surface area contributed by atoms with E-state index >= 15 is 0 Å². The van der Waals surface area contributed by atoms with Crippen LogP contribution in [0.15, 0.2) is 54.7 Å². The third kappa shape index (κ3) is 1.45. The van der Waals surface area contributed by atoms with Gasteiger partial charge in [0.1, 0.15) is 5.75 Å². The Kier molecular flexibility index (Phi) is 2.11. The lowest BCUT2D eigenvalue weighted by Crippen LogP contribution is -2.22. The molecule has 3 aromatic rings. The number of pyridine rings is 1. The van der Waals surface area contributed by atoms with Crippen molar-refractivity contribution in [2.45, 2.75) is 6.23 Å². The molecule has 2 heterocycles. The number of fused-ring (bicyclic) bond motifs is 5. The molecule has 4 rings (SSSR count). The first-order valence-corrected chi connectivity index (χ1v) is 6.24. The lowest BCUT2D eigenvalue weighted by Gasteiger charge is -2.27. The van der Waals surface area contributed by atoms with Crippen LogP contribution in [0.4, 0.5) is 0 Å². The average Bonchev–Trinajstić information content (AvgIpc) is 2.46. The Hall–Kier alpha value is -2.39. The minimum absolute atomic E-state index is 0.446. The summed E-state index contributed by atoms with van der Waals surface area (Å²) in [6.07, 6.45) is 1.34. The van der Waals surface area contributed by atoms with Gasteiger partial charge in [-0.2, -0.15) is 0 Å². The molecule has 0 aliphatic carbocycles. The zero-order chi connectivity index (χ0) is 12.8. The van der Waals surface area contributed by atoms with Crippen LogP contribution in [0.5, 0.6) is 5.75 Å². The quantitative estimate of drug-likeness (QED) is 0.664. The second-order valence-corrected chi connectivity index (χ2v) is 4.63. The Bertz CT molecular complexity index is 783. The summed E-state index contributed by atoms with van der Waals surface area (Å²) in [7, 11) is 0. The van der Waals surface area contributed by atoms with E-state index < -0.39 is 6.23 Å². The van der Waals surface area contributed by atoms with E-state index in [1.165, 1.54) is 0 Å². The van der Waals surface area contributed by atoms with Crippen molar-refractivity contribution in [1.29, 1.82) is 0 Å². The van der Waals surface area contributed by atoms with E-state index in [1.54, 1.807) is 6.20 Å². The molecule has 2 aromatic carbocycles. The minimum atomic E-state index is -0.446. The summed E-state index contributed by atoms with van der Waals surface area (Å²) in [6, 6.07) is 16.0. The van der Waals surface area contributed by atoms with Crippen molar-refractivity contribution in [3.63, 3.8) is 0 Å². The van der Waals surface area contributed by atoms with Crippen molar-refractivity contribution in [2.75, 3.05) is 0 Å². The molecule has 1 unspecified atom stereocenters. The van der Waals surface area contributed by atoms with Gasteiger partial charge >= 0.3 is 0 Å². The zero-order valence-electron chi connectivity index (χ0n) is 10.2. The molecule has 0 saturated heterocycles. The minimum Gasteiger partial charge on any atom is -0.471 e. The maximum atomic E-state index is 6.18. The molecule has 1 aliphatic heterocycles. The summed E-state index contributed by atoms with van der Waals surface area (Å²) in [5.74, 6) is 0.839. The number of para-hydroxylation sites is 1. The Labute approximate surface area is 110 Å². The molecule has 3 heteroatoms. The van der Waals surface area contributed by atoms with E-state index in [4.69, 9.17) is 10.5 Å². The van der Waals surface area contributed by atoms with Crippen molar-refractivity contribution >= 4 is 10.9 Å². The average molecular weight is 248 g/mol. The van der Waals surface area contributed by atoms with Gasteiger partial charge < -0.3 is 4.74 Å². The van der Waals surface area contributed by atoms with Crippen LogP contribution < -0.4 is 10.5 Å².